The van der Waals surface area contributed by atoms with Crippen LogP contribution in [-0.2, 0) is 0 Å². The third-order valence-electron chi connectivity index (χ3n) is 1.11. The van der Waals surface area contributed by atoms with E-state index in [1.807, 2.05) is 0 Å². The fraction of sp³-hybridized carbons (Fsp3) is 0. The molecular formula is C6H7Cl2FN2. The zero-order valence-electron chi connectivity index (χ0n) is 5.47. The predicted octanol–water partition coefficient (Wildman–Crippen LogP) is 2.19. The number of halogens is 3. The summed E-state index contributed by atoms with van der Waals surface area (Å²) in [5.41, 5.74) is 2.38. The van der Waals surface area contributed by atoms with Gasteiger partial charge in [-0.25, -0.2) is 4.39 Å². The molecule has 0 fully saturated rings. The fourth-order valence-corrected chi connectivity index (χ4v) is 0.790. The third kappa shape index (κ3) is 2.22. The molecule has 0 amide bonds. The number of anilines is 1. The Balaban J connectivity index is 0.000001000. The minimum atomic E-state index is -0.522. The Morgan fingerprint density at radius 3 is 2.55 bits per heavy atom. The Kier molecular flexibility index (Phi) is 4.18. The van der Waals surface area contributed by atoms with E-state index in [-0.39, 0.29) is 23.1 Å². The number of benzene rings is 1. The number of hydrogen-bond donors (Lipinski definition) is 2. The Morgan fingerprint density at radius 1 is 1.45 bits per heavy atom. The van der Waals surface area contributed by atoms with E-state index in [1.54, 1.807) is 6.07 Å². The average Bonchev–Trinajstić information content (AvgIpc) is 1.95. The van der Waals surface area contributed by atoms with E-state index >= 15 is 0 Å². The second kappa shape index (κ2) is 4.38. The molecule has 0 aliphatic rings. The molecule has 0 heterocycles. The molecule has 5 heteroatoms. The van der Waals surface area contributed by atoms with Crippen LogP contribution in [0.25, 0.3) is 0 Å². The lowest BCUT2D eigenvalue weighted by Crippen LogP contribution is -2.08. The molecular weight excluding hydrogens is 190 g/mol. The SMILES string of the molecule is Cl.NNc1cccc(Cl)c1F. The average molecular weight is 197 g/mol. The molecule has 0 aliphatic heterocycles. The predicted molar refractivity (Wildman–Crippen MR) is 46.5 cm³/mol. The van der Waals surface area contributed by atoms with Crippen molar-refractivity contribution in [3.05, 3.63) is 29.0 Å². The monoisotopic (exact) mass is 196 g/mol. The summed E-state index contributed by atoms with van der Waals surface area (Å²) in [7, 11) is 0. The quantitative estimate of drug-likeness (QED) is 0.534. The van der Waals surface area contributed by atoms with E-state index in [1.165, 1.54) is 12.1 Å². The number of rotatable bonds is 1. The number of nitrogens with one attached hydrogen (secondary N) is 1. The summed E-state index contributed by atoms with van der Waals surface area (Å²) in [6.45, 7) is 0. The van der Waals surface area contributed by atoms with Crippen molar-refractivity contribution in [2.45, 2.75) is 0 Å². The molecule has 11 heavy (non-hydrogen) atoms. The van der Waals surface area contributed by atoms with Crippen LogP contribution < -0.4 is 11.3 Å². The van der Waals surface area contributed by atoms with Gasteiger partial charge in [-0.3, -0.25) is 5.84 Å². The first-order chi connectivity index (χ1) is 4.75. The van der Waals surface area contributed by atoms with Crippen LogP contribution in [0.2, 0.25) is 5.02 Å². The van der Waals surface area contributed by atoms with Crippen LogP contribution in [0.3, 0.4) is 0 Å². The summed E-state index contributed by atoms with van der Waals surface area (Å²) >= 11 is 5.42. The molecule has 0 bridgehead atoms. The van der Waals surface area contributed by atoms with Gasteiger partial charge in [-0.05, 0) is 12.1 Å². The summed E-state index contributed by atoms with van der Waals surface area (Å²) in [6.07, 6.45) is 0. The highest BCUT2D eigenvalue weighted by molar-refractivity contribution is 6.31. The van der Waals surface area contributed by atoms with E-state index in [9.17, 15) is 4.39 Å². The Morgan fingerprint density at radius 2 is 2.09 bits per heavy atom. The van der Waals surface area contributed by atoms with E-state index in [0.717, 1.165) is 0 Å². The molecule has 0 atom stereocenters. The van der Waals surface area contributed by atoms with Gasteiger partial charge in [-0.1, -0.05) is 17.7 Å². The zero-order valence-corrected chi connectivity index (χ0v) is 7.05. The molecule has 0 saturated heterocycles. The molecule has 1 aromatic rings. The molecule has 0 saturated carbocycles. The molecule has 1 rings (SSSR count). The first-order valence-corrected chi connectivity index (χ1v) is 3.04. The smallest absolute Gasteiger partial charge is 0.166 e. The summed E-state index contributed by atoms with van der Waals surface area (Å²) in [6, 6.07) is 4.57. The third-order valence-corrected chi connectivity index (χ3v) is 1.40. The normalized spacial score (nSPS) is 8.64. The van der Waals surface area contributed by atoms with Gasteiger partial charge < -0.3 is 5.43 Å². The van der Waals surface area contributed by atoms with Crippen molar-refractivity contribution in [3.63, 3.8) is 0 Å². The minimum Gasteiger partial charge on any atom is -0.321 e. The van der Waals surface area contributed by atoms with Gasteiger partial charge >= 0.3 is 0 Å². The van der Waals surface area contributed by atoms with Crippen LogP contribution in [0.1, 0.15) is 0 Å². The molecule has 3 N–H and O–H groups in total. The number of nitrogens with two attached hydrogens (primary N) is 1. The van der Waals surface area contributed by atoms with Crippen molar-refractivity contribution >= 4 is 29.7 Å². The van der Waals surface area contributed by atoms with Gasteiger partial charge in [-0.15, -0.1) is 12.4 Å². The molecule has 0 radical (unpaired) electrons. The summed E-state index contributed by atoms with van der Waals surface area (Å²) < 4.78 is 12.7. The molecule has 0 spiro atoms. The van der Waals surface area contributed by atoms with Gasteiger partial charge in [0.15, 0.2) is 5.82 Å². The first-order valence-electron chi connectivity index (χ1n) is 2.66. The van der Waals surface area contributed by atoms with E-state index in [0.29, 0.717) is 0 Å². The zero-order chi connectivity index (χ0) is 7.56. The largest absolute Gasteiger partial charge is 0.321 e. The van der Waals surface area contributed by atoms with Crippen LogP contribution in [0, 0.1) is 5.82 Å². The van der Waals surface area contributed by atoms with Gasteiger partial charge in [0.2, 0.25) is 0 Å². The van der Waals surface area contributed by atoms with Crippen molar-refractivity contribution < 1.29 is 4.39 Å². The minimum absolute atomic E-state index is 0. The van der Waals surface area contributed by atoms with Crippen LogP contribution in [-0.4, -0.2) is 0 Å². The lowest BCUT2D eigenvalue weighted by Gasteiger charge is -2.00. The maximum absolute atomic E-state index is 12.7. The Bertz CT molecular complexity index is 242. The van der Waals surface area contributed by atoms with E-state index < -0.39 is 5.82 Å². The highest BCUT2D eigenvalue weighted by atomic mass is 35.5. The van der Waals surface area contributed by atoms with E-state index in [2.05, 4.69) is 5.43 Å². The van der Waals surface area contributed by atoms with Crippen LogP contribution >= 0.6 is 24.0 Å². The molecule has 0 aromatic heterocycles. The molecule has 0 unspecified atom stereocenters. The maximum atomic E-state index is 12.7. The van der Waals surface area contributed by atoms with Gasteiger partial charge in [0.1, 0.15) is 0 Å². The first kappa shape index (κ1) is 10.5. The topological polar surface area (TPSA) is 38.0 Å². The number of hydrazine groups is 1. The molecule has 2 nitrogen and oxygen atoms in total. The second-order valence-corrected chi connectivity index (χ2v) is 2.15. The van der Waals surface area contributed by atoms with E-state index in [4.69, 9.17) is 17.4 Å². The van der Waals surface area contributed by atoms with Gasteiger partial charge in [-0.2, -0.15) is 0 Å². The van der Waals surface area contributed by atoms with Crippen LogP contribution in [0.4, 0.5) is 10.1 Å². The molecule has 62 valence electrons. The van der Waals surface area contributed by atoms with Crippen molar-refractivity contribution in [3.8, 4) is 0 Å². The number of nitrogen functional groups attached to an aromatic ring is 1. The van der Waals surface area contributed by atoms with Crippen LogP contribution in [0.15, 0.2) is 18.2 Å². The fourth-order valence-electron chi connectivity index (χ4n) is 0.615. The lowest BCUT2D eigenvalue weighted by molar-refractivity contribution is 0.631. The molecule has 0 aliphatic carbocycles. The Labute approximate surface area is 74.9 Å². The maximum Gasteiger partial charge on any atom is 0.166 e. The number of hydrogen-bond acceptors (Lipinski definition) is 2. The second-order valence-electron chi connectivity index (χ2n) is 1.75. The highest BCUT2D eigenvalue weighted by Crippen LogP contribution is 2.20. The van der Waals surface area contributed by atoms with Gasteiger partial charge in [0, 0.05) is 0 Å². The Hall–Kier alpha value is -0.510. The summed E-state index contributed by atoms with van der Waals surface area (Å²) in [5.74, 6) is 4.45. The van der Waals surface area contributed by atoms with Gasteiger partial charge in [0.05, 0.1) is 10.7 Å². The van der Waals surface area contributed by atoms with Crippen molar-refractivity contribution in [2.24, 2.45) is 5.84 Å². The molecule has 1 aromatic carbocycles. The summed E-state index contributed by atoms with van der Waals surface area (Å²) in [4.78, 5) is 0. The standard InChI is InChI=1S/C6H6ClFN2.ClH/c7-4-2-1-3-5(10-9)6(4)8;/h1-3,10H,9H2;1H. The van der Waals surface area contributed by atoms with Crippen molar-refractivity contribution in [1.82, 2.24) is 0 Å². The lowest BCUT2D eigenvalue weighted by atomic mass is 10.3. The van der Waals surface area contributed by atoms with Crippen LogP contribution in [0.5, 0.6) is 0 Å². The summed E-state index contributed by atoms with van der Waals surface area (Å²) in [5, 5.41) is 0.0652. The van der Waals surface area contributed by atoms with Gasteiger partial charge in [0.25, 0.3) is 0 Å². The highest BCUT2D eigenvalue weighted by Gasteiger charge is 2.02. The van der Waals surface area contributed by atoms with Crippen molar-refractivity contribution in [1.29, 1.82) is 0 Å². The van der Waals surface area contributed by atoms with Crippen molar-refractivity contribution in [2.75, 3.05) is 5.43 Å².